The fourth-order valence-corrected chi connectivity index (χ4v) is 2.79. The van der Waals surface area contributed by atoms with Crippen molar-refractivity contribution in [2.45, 2.75) is 78.6 Å². The molecule has 34 heavy (non-hydrogen) atoms. The molecule has 1 aromatic rings. The third-order valence-electron chi connectivity index (χ3n) is 4.26. The lowest BCUT2D eigenvalue weighted by Crippen LogP contribution is -2.39. The maximum atomic E-state index is 12.6. The molecule has 3 amide bonds. The Labute approximate surface area is 203 Å². The molecule has 0 unspecified atom stereocenters. The van der Waals surface area contributed by atoms with Gasteiger partial charge >= 0.3 is 18.3 Å². The molecule has 0 aliphatic rings. The average Bonchev–Trinajstić information content (AvgIpc) is 2.71. The molecular weight excluding hydrogens is 438 g/mol. The van der Waals surface area contributed by atoms with E-state index in [1.165, 1.54) is 0 Å². The predicted molar refractivity (Wildman–Crippen MR) is 131 cm³/mol. The second-order valence-electron chi connectivity index (χ2n) is 9.95. The highest BCUT2D eigenvalue weighted by Crippen LogP contribution is 2.11. The summed E-state index contributed by atoms with van der Waals surface area (Å²) in [6, 6.07) is 9.46. The summed E-state index contributed by atoms with van der Waals surface area (Å²) in [6.07, 6.45) is 0.554. The summed E-state index contributed by atoms with van der Waals surface area (Å²) in [4.78, 5) is 37.8. The van der Waals surface area contributed by atoms with E-state index in [9.17, 15) is 14.4 Å². The van der Waals surface area contributed by atoms with Gasteiger partial charge in [-0.05, 0) is 66.4 Å². The van der Waals surface area contributed by atoms with Crippen molar-refractivity contribution in [2.75, 3.05) is 26.2 Å². The maximum absolute atomic E-state index is 12.6. The molecule has 0 saturated heterocycles. The zero-order valence-corrected chi connectivity index (χ0v) is 21.4. The van der Waals surface area contributed by atoms with Gasteiger partial charge in [-0.25, -0.2) is 14.4 Å². The Morgan fingerprint density at radius 3 is 1.94 bits per heavy atom. The average molecular weight is 480 g/mol. The molecule has 0 spiro atoms. The summed E-state index contributed by atoms with van der Waals surface area (Å²) in [6.45, 7) is 12.8. The van der Waals surface area contributed by atoms with Gasteiger partial charge in [0.05, 0.1) is 0 Å². The van der Waals surface area contributed by atoms with E-state index in [1.807, 2.05) is 51.1 Å². The van der Waals surface area contributed by atoms with Gasteiger partial charge in [0.25, 0.3) is 0 Å². The van der Waals surface area contributed by atoms with E-state index in [-0.39, 0.29) is 6.61 Å². The van der Waals surface area contributed by atoms with Gasteiger partial charge in [-0.3, -0.25) is 0 Å². The SMILES string of the molecule is CC(C)(C)OC(=O)NCCCN(CCCCNC(=O)OCc1ccccc1)C(=O)OC(C)(C)C. The third kappa shape index (κ3) is 15.0. The van der Waals surface area contributed by atoms with Crippen LogP contribution in [0.25, 0.3) is 0 Å². The molecule has 9 nitrogen and oxygen atoms in total. The molecule has 0 radical (unpaired) electrons. The Kier molecular flexibility index (Phi) is 12.2. The Morgan fingerprint density at radius 1 is 0.765 bits per heavy atom. The molecule has 0 fully saturated rings. The molecule has 9 heteroatoms. The standard InChI is InChI=1S/C25H41N3O6/c1-24(2,3)33-22(30)27-16-12-18-28(23(31)34-25(4,5)6)17-11-10-15-26-21(29)32-19-20-13-8-7-9-14-20/h7-9,13-14H,10-12,15-19H2,1-6H3,(H,26,29)(H,27,30). The molecular formula is C25H41N3O6. The van der Waals surface area contributed by atoms with Crippen molar-refractivity contribution in [1.29, 1.82) is 0 Å². The summed E-state index contributed by atoms with van der Waals surface area (Å²) >= 11 is 0. The first kappa shape index (κ1) is 29.1. The van der Waals surface area contributed by atoms with Crippen LogP contribution in [-0.4, -0.2) is 60.6 Å². The minimum atomic E-state index is -0.603. The summed E-state index contributed by atoms with van der Waals surface area (Å²) in [5.74, 6) is 0. The Balaban J connectivity index is 2.35. The molecule has 1 aromatic carbocycles. The number of ether oxygens (including phenoxy) is 3. The van der Waals surface area contributed by atoms with Gasteiger partial charge < -0.3 is 29.7 Å². The number of benzene rings is 1. The van der Waals surface area contributed by atoms with Gasteiger partial charge in [-0.1, -0.05) is 30.3 Å². The Hall–Kier alpha value is -2.97. The van der Waals surface area contributed by atoms with Crippen LogP contribution in [0.2, 0.25) is 0 Å². The number of alkyl carbamates (subject to hydrolysis) is 2. The summed E-state index contributed by atoms with van der Waals surface area (Å²) in [5.41, 5.74) is -0.241. The molecule has 2 N–H and O–H groups in total. The van der Waals surface area contributed by atoms with E-state index < -0.39 is 29.5 Å². The number of carbonyl (C=O) groups is 3. The molecule has 0 bridgehead atoms. The van der Waals surface area contributed by atoms with Gasteiger partial charge in [0.1, 0.15) is 17.8 Å². The first-order valence-electron chi connectivity index (χ1n) is 11.7. The molecule has 1 rings (SSSR count). The van der Waals surface area contributed by atoms with Gasteiger partial charge in [-0.2, -0.15) is 0 Å². The summed E-state index contributed by atoms with van der Waals surface area (Å²) in [5, 5.41) is 5.41. The normalized spacial score (nSPS) is 11.4. The molecule has 0 aliphatic heterocycles. The van der Waals surface area contributed by atoms with E-state index >= 15 is 0 Å². The number of unbranched alkanes of at least 4 members (excludes halogenated alkanes) is 1. The lowest BCUT2D eigenvalue weighted by atomic mass is 10.2. The molecule has 0 aliphatic carbocycles. The third-order valence-corrected chi connectivity index (χ3v) is 4.26. The van der Waals surface area contributed by atoms with Crippen LogP contribution < -0.4 is 10.6 Å². The monoisotopic (exact) mass is 479 g/mol. The quantitative estimate of drug-likeness (QED) is 0.347. The fraction of sp³-hybridized carbons (Fsp3) is 0.640. The van der Waals surface area contributed by atoms with Crippen LogP contribution in [0.3, 0.4) is 0 Å². The minimum absolute atomic E-state index is 0.219. The van der Waals surface area contributed by atoms with Crippen LogP contribution >= 0.6 is 0 Å². The Bertz CT molecular complexity index is 756. The smallest absolute Gasteiger partial charge is 0.410 e. The van der Waals surface area contributed by atoms with Gasteiger partial charge in [0.15, 0.2) is 0 Å². The van der Waals surface area contributed by atoms with Crippen LogP contribution in [0.15, 0.2) is 30.3 Å². The number of nitrogens with zero attached hydrogens (tertiary/aromatic N) is 1. The van der Waals surface area contributed by atoms with Crippen LogP contribution in [0.1, 0.15) is 66.4 Å². The van der Waals surface area contributed by atoms with E-state index in [4.69, 9.17) is 14.2 Å². The number of nitrogens with one attached hydrogen (secondary N) is 2. The predicted octanol–water partition coefficient (Wildman–Crippen LogP) is 4.84. The van der Waals surface area contributed by atoms with Gasteiger partial charge in [0.2, 0.25) is 0 Å². The van der Waals surface area contributed by atoms with Gasteiger partial charge in [-0.15, -0.1) is 0 Å². The van der Waals surface area contributed by atoms with Crippen molar-refractivity contribution in [3.63, 3.8) is 0 Å². The zero-order chi connectivity index (χ0) is 25.6. The molecule has 0 aromatic heterocycles. The minimum Gasteiger partial charge on any atom is -0.445 e. The van der Waals surface area contributed by atoms with Crippen LogP contribution in [0.4, 0.5) is 14.4 Å². The lowest BCUT2D eigenvalue weighted by Gasteiger charge is -2.27. The van der Waals surface area contributed by atoms with E-state index in [0.717, 1.165) is 5.56 Å². The molecule has 192 valence electrons. The van der Waals surface area contributed by atoms with Crippen molar-refractivity contribution in [3.05, 3.63) is 35.9 Å². The lowest BCUT2D eigenvalue weighted by molar-refractivity contribution is 0.0244. The second kappa shape index (κ2) is 14.3. The van der Waals surface area contributed by atoms with Crippen LogP contribution in [0, 0.1) is 0 Å². The first-order chi connectivity index (χ1) is 15.9. The van der Waals surface area contributed by atoms with E-state index in [1.54, 1.807) is 25.7 Å². The molecule has 0 heterocycles. The van der Waals surface area contributed by atoms with Crippen molar-refractivity contribution >= 4 is 18.3 Å². The van der Waals surface area contributed by atoms with Gasteiger partial charge in [0, 0.05) is 26.2 Å². The number of hydrogen-bond donors (Lipinski definition) is 2. The second-order valence-corrected chi connectivity index (χ2v) is 9.95. The first-order valence-corrected chi connectivity index (χ1v) is 11.7. The summed E-state index contributed by atoms with van der Waals surface area (Å²) < 4.78 is 15.9. The van der Waals surface area contributed by atoms with Crippen molar-refractivity contribution in [2.24, 2.45) is 0 Å². The van der Waals surface area contributed by atoms with Crippen LogP contribution in [-0.2, 0) is 20.8 Å². The number of rotatable bonds is 11. The van der Waals surface area contributed by atoms with Crippen molar-refractivity contribution in [3.8, 4) is 0 Å². The number of hydrogen-bond acceptors (Lipinski definition) is 6. The van der Waals surface area contributed by atoms with E-state index in [2.05, 4.69) is 10.6 Å². The topological polar surface area (TPSA) is 106 Å². The fourth-order valence-electron chi connectivity index (χ4n) is 2.79. The maximum Gasteiger partial charge on any atom is 0.410 e. The molecule has 0 saturated carbocycles. The Morgan fingerprint density at radius 2 is 1.32 bits per heavy atom. The van der Waals surface area contributed by atoms with Crippen LogP contribution in [0.5, 0.6) is 0 Å². The zero-order valence-electron chi connectivity index (χ0n) is 21.4. The summed E-state index contributed by atoms with van der Waals surface area (Å²) in [7, 11) is 0. The number of carbonyl (C=O) groups excluding carboxylic acids is 3. The number of amides is 3. The largest absolute Gasteiger partial charge is 0.445 e. The van der Waals surface area contributed by atoms with Crippen molar-refractivity contribution in [1.82, 2.24) is 15.5 Å². The highest BCUT2D eigenvalue weighted by Gasteiger charge is 2.22. The highest BCUT2D eigenvalue weighted by molar-refractivity contribution is 5.68. The van der Waals surface area contributed by atoms with Crippen molar-refractivity contribution < 1.29 is 28.6 Å². The van der Waals surface area contributed by atoms with E-state index in [0.29, 0.717) is 45.4 Å². The molecule has 0 atom stereocenters. The highest BCUT2D eigenvalue weighted by atomic mass is 16.6.